The number of nitrogens with one attached hydrogen (secondary N) is 1. The molecule has 0 unspecified atom stereocenters. The molecule has 1 heterocycles. The molecule has 0 spiro atoms. The summed E-state index contributed by atoms with van der Waals surface area (Å²) in [6.07, 6.45) is -5.65. The third-order valence-corrected chi connectivity index (χ3v) is 3.89. The summed E-state index contributed by atoms with van der Waals surface area (Å²) in [5, 5.41) is 22.2. The molecule has 9 heteroatoms. The van der Waals surface area contributed by atoms with Crippen LogP contribution >= 0.6 is 0 Å². The van der Waals surface area contributed by atoms with Crippen LogP contribution in [0.5, 0.6) is 5.75 Å². The molecule has 0 radical (unpaired) electrons. The van der Waals surface area contributed by atoms with Crippen LogP contribution in [0.4, 0.5) is 13.2 Å². The van der Waals surface area contributed by atoms with Gasteiger partial charge in [-0.15, -0.1) is 0 Å². The fraction of sp³-hybridized carbons (Fsp3) is 0.562. The second-order valence-electron chi connectivity index (χ2n) is 6.06. The summed E-state index contributed by atoms with van der Waals surface area (Å²) in [5.41, 5.74) is -0.781. The monoisotopic (exact) mass is 362 g/mol. The van der Waals surface area contributed by atoms with Crippen LogP contribution < -0.4 is 10.1 Å². The number of aliphatic hydroxyl groups excluding tert-OH is 2. The third kappa shape index (κ3) is 5.58. The van der Waals surface area contributed by atoms with Crippen LogP contribution in [0.1, 0.15) is 12.0 Å². The average molecular weight is 362 g/mol. The normalized spacial score (nSPS) is 21.8. The van der Waals surface area contributed by atoms with Crippen molar-refractivity contribution >= 4 is 5.91 Å². The molecule has 1 aliphatic heterocycles. The van der Waals surface area contributed by atoms with Crippen molar-refractivity contribution in [3.05, 3.63) is 29.8 Å². The first kappa shape index (κ1) is 19.5. The average Bonchev–Trinajstić information content (AvgIpc) is 2.98. The van der Waals surface area contributed by atoms with E-state index < -0.39 is 30.0 Å². The molecular formula is C16H21F3N2O4. The van der Waals surface area contributed by atoms with Gasteiger partial charge in [-0.25, -0.2) is 0 Å². The maximum Gasteiger partial charge on any atom is 0.416 e. The predicted molar refractivity (Wildman–Crippen MR) is 83.0 cm³/mol. The Labute approximate surface area is 143 Å². The Kier molecular flexibility index (Phi) is 6.26. The van der Waals surface area contributed by atoms with Gasteiger partial charge < -0.3 is 25.2 Å². The molecule has 1 fully saturated rings. The first-order valence-electron chi connectivity index (χ1n) is 7.81. The fourth-order valence-electron chi connectivity index (χ4n) is 2.56. The maximum atomic E-state index is 12.5. The van der Waals surface area contributed by atoms with Gasteiger partial charge in [0.15, 0.2) is 0 Å². The van der Waals surface area contributed by atoms with Crippen LogP contribution in [0, 0.1) is 0 Å². The van der Waals surface area contributed by atoms with E-state index in [4.69, 9.17) is 4.74 Å². The quantitative estimate of drug-likeness (QED) is 0.692. The predicted octanol–water partition coefficient (Wildman–Crippen LogP) is 0.626. The molecule has 3 N–H and O–H groups in total. The fourth-order valence-corrected chi connectivity index (χ4v) is 2.56. The van der Waals surface area contributed by atoms with E-state index in [-0.39, 0.29) is 24.8 Å². The lowest BCUT2D eigenvalue weighted by Gasteiger charge is -2.24. The second-order valence-corrected chi connectivity index (χ2v) is 6.06. The number of nitrogens with zero attached hydrogens (tertiary/aromatic N) is 1. The molecule has 0 aliphatic carbocycles. The maximum absolute atomic E-state index is 12.5. The molecule has 1 amide bonds. The van der Waals surface area contributed by atoms with E-state index in [0.717, 1.165) is 12.1 Å². The lowest BCUT2D eigenvalue weighted by Crippen LogP contribution is -2.45. The van der Waals surface area contributed by atoms with Crippen molar-refractivity contribution in [1.82, 2.24) is 10.2 Å². The van der Waals surface area contributed by atoms with Gasteiger partial charge in [-0.05, 0) is 30.7 Å². The highest BCUT2D eigenvalue weighted by Gasteiger charge is 2.31. The van der Waals surface area contributed by atoms with Gasteiger partial charge in [0, 0.05) is 20.1 Å². The minimum Gasteiger partial charge on any atom is -0.491 e. The Balaban J connectivity index is 1.78. The van der Waals surface area contributed by atoms with Crippen molar-refractivity contribution < 1.29 is 32.9 Å². The van der Waals surface area contributed by atoms with Crippen molar-refractivity contribution in [2.75, 3.05) is 26.7 Å². The Hall–Kier alpha value is -1.84. The van der Waals surface area contributed by atoms with Gasteiger partial charge in [-0.3, -0.25) is 4.79 Å². The number of hydrogen-bond acceptors (Lipinski definition) is 5. The summed E-state index contributed by atoms with van der Waals surface area (Å²) < 4.78 is 42.6. The summed E-state index contributed by atoms with van der Waals surface area (Å²) in [4.78, 5) is 13.5. The highest BCUT2D eigenvalue weighted by Crippen LogP contribution is 2.30. The molecule has 140 valence electrons. The largest absolute Gasteiger partial charge is 0.491 e. The molecule has 6 nitrogen and oxygen atoms in total. The Morgan fingerprint density at radius 1 is 1.40 bits per heavy atom. The van der Waals surface area contributed by atoms with Gasteiger partial charge >= 0.3 is 6.18 Å². The number of rotatable bonds is 6. The summed E-state index contributed by atoms with van der Waals surface area (Å²) >= 11 is 0. The molecular weight excluding hydrogens is 341 g/mol. The number of likely N-dealkylation sites (N-methyl/N-ethyl adjacent to an activating group) is 1. The lowest BCUT2D eigenvalue weighted by molar-refractivity contribution is -0.137. The van der Waals surface area contributed by atoms with Gasteiger partial charge in [0.2, 0.25) is 5.91 Å². The second kappa shape index (κ2) is 8.03. The Morgan fingerprint density at radius 2 is 2.04 bits per heavy atom. The van der Waals surface area contributed by atoms with E-state index in [1.165, 1.54) is 24.1 Å². The van der Waals surface area contributed by atoms with E-state index in [1.807, 2.05) is 0 Å². The summed E-state index contributed by atoms with van der Waals surface area (Å²) in [7, 11) is 1.52. The first-order chi connectivity index (χ1) is 11.7. The molecule has 1 aromatic carbocycles. The molecule has 0 aromatic heterocycles. The van der Waals surface area contributed by atoms with Gasteiger partial charge in [0.05, 0.1) is 17.7 Å². The molecule has 25 heavy (non-hydrogen) atoms. The van der Waals surface area contributed by atoms with E-state index in [9.17, 15) is 28.2 Å². The zero-order chi connectivity index (χ0) is 18.6. The zero-order valence-corrected chi connectivity index (χ0v) is 13.7. The van der Waals surface area contributed by atoms with Gasteiger partial charge in [0.25, 0.3) is 0 Å². The van der Waals surface area contributed by atoms with E-state index in [2.05, 4.69) is 5.32 Å². The number of ether oxygens (including phenoxy) is 1. The van der Waals surface area contributed by atoms with Crippen molar-refractivity contribution in [1.29, 1.82) is 0 Å². The number of halogens is 3. The standard InChI is InChI=1S/C16H21F3N2O4/c1-21(15(24)14-6-11(22)7-20-14)8-12(23)9-25-13-4-2-10(3-5-13)16(17,18)19/h2-5,11-12,14,20,22-23H,6-9H2,1H3/t11-,12+,14+/m1/s1. The van der Waals surface area contributed by atoms with E-state index in [0.29, 0.717) is 13.0 Å². The number of hydrogen-bond donors (Lipinski definition) is 3. The van der Waals surface area contributed by atoms with Crippen LogP contribution in [-0.4, -0.2) is 66.0 Å². The molecule has 1 saturated heterocycles. The third-order valence-electron chi connectivity index (χ3n) is 3.89. The van der Waals surface area contributed by atoms with Crippen molar-refractivity contribution in [3.8, 4) is 5.75 Å². The van der Waals surface area contributed by atoms with Crippen molar-refractivity contribution in [2.24, 2.45) is 0 Å². The SMILES string of the molecule is CN(C[C@H](O)COc1ccc(C(F)(F)F)cc1)C(=O)[C@@H]1C[C@@H](O)CN1. The summed E-state index contributed by atoms with van der Waals surface area (Å²) in [6.45, 7) is 0.196. The number of alkyl halides is 3. The lowest BCUT2D eigenvalue weighted by atomic mass is 10.2. The number of aliphatic hydroxyl groups is 2. The molecule has 1 aliphatic rings. The molecule has 0 bridgehead atoms. The molecule has 0 saturated carbocycles. The number of amides is 1. The Bertz CT molecular complexity index is 580. The van der Waals surface area contributed by atoms with Crippen LogP contribution in [-0.2, 0) is 11.0 Å². The van der Waals surface area contributed by atoms with Gasteiger partial charge in [-0.2, -0.15) is 13.2 Å². The summed E-state index contributed by atoms with van der Waals surface area (Å²) in [5.74, 6) is -0.0493. The number of β-amino-alcohol motifs (C(OH)–C–C–N with tert-alkyl or cyclic N) is 1. The van der Waals surface area contributed by atoms with E-state index in [1.54, 1.807) is 0 Å². The van der Waals surface area contributed by atoms with Crippen LogP contribution in [0.2, 0.25) is 0 Å². The van der Waals surface area contributed by atoms with E-state index >= 15 is 0 Å². The van der Waals surface area contributed by atoms with Crippen LogP contribution in [0.3, 0.4) is 0 Å². The molecule has 1 aromatic rings. The number of benzene rings is 1. The minimum atomic E-state index is -4.41. The topological polar surface area (TPSA) is 82.0 Å². The van der Waals surface area contributed by atoms with Crippen LogP contribution in [0.15, 0.2) is 24.3 Å². The molecule has 3 atom stereocenters. The first-order valence-corrected chi connectivity index (χ1v) is 7.81. The van der Waals surface area contributed by atoms with Crippen molar-refractivity contribution in [3.63, 3.8) is 0 Å². The highest BCUT2D eigenvalue weighted by molar-refractivity contribution is 5.82. The zero-order valence-electron chi connectivity index (χ0n) is 13.7. The minimum absolute atomic E-state index is 0.00768. The Morgan fingerprint density at radius 3 is 2.56 bits per heavy atom. The van der Waals surface area contributed by atoms with Gasteiger partial charge in [0.1, 0.15) is 18.5 Å². The summed E-state index contributed by atoms with van der Waals surface area (Å²) in [6, 6.07) is 3.66. The van der Waals surface area contributed by atoms with Crippen LogP contribution in [0.25, 0.3) is 0 Å². The van der Waals surface area contributed by atoms with Gasteiger partial charge in [-0.1, -0.05) is 0 Å². The highest BCUT2D eigenvalue weighted by atomic mass is 19.4. The van der Waals surface area contributed by atoms with Crippen molar-refractivity contribution in [2.45, 2.75) is 30.8 Å². The number of carbonyl (C=O) groups is 1. The smallest absolute Gasteiger partial charge is 0.416 e. The number of carbonyl (C=O) groups excluding carboxylic acids is 1. The molecule has 2 rings (SSSR count).